The summed E-state index contributed by atoms with van der Waals surface area (Å²) in [6.45, 7) is 4.05. The molecular weight excluding hydrogens is 394 g/mol. The summed E-state index contributed by atoms with van der Waals surface area (Å²) in [6.07, 6.45) is 1.75. The van der Waals surface area contributed by atoms with Crippen LogP contribution < -0.4 is 5.32 Å². The fourth-order valence-corrected chi connectivity index (χ4v) is 3.67. The zero-order chi connectivity index (χ0) is 21.9. The fourth-order valence-electron chi connectivity index (χ4n) is 3.67. The third-order valence-electron chi connectivity index (χ3n) is 5.08. The van der Waals surface area contributed by atoms with E-state index in [9.17, 15) is 0 Å². The van der Waals surface area contributed by atoms with Crippen LogP contribution in [0.25, 0.3) is 17.0 Å². The Labute approximate surface area is 186 Å². The third-order valence-corrected chi connectivity index (χ3v) is 5.08. The molecule has 0 fully saturated rings. The van der Waals surface area contributed by atoms with Gasteiger partial charge < -0.3 is 5.32 Å². The highest BCUT2D eigenvalue weighted by molar-refractivity contribution is 5.80. The van der Waals surface area contributed by atoms with Crippen molar-refractivity contribution in [3.8, 4) is 23.1 Å². The molecule has 3 aromatic heterocycles. The van der Waals surface area contributed by atoms with Crippen LogP contribution in [0.15, 0.2) is 85.1 Å². The number of fused-ring (bicyclic) bond motifs is 1. The molecule has 0 radical (unpaired) electrons. The van der Waals surface area contributed by atoms with Crippen LogP contribution in [0.5, 0.6) is 0 Å². The highest BCUT2D eigenvalue weighted by Crippen LogP contribution is 2.32. The maximum Gasteiger partial charge on any atom is 0.236 e. The van der Waals surface area contributed by atoms with E-state index in [0.717, 1.165) is 45.4 Å². The van der Waals surface area contributed by atoms with Crippen molar-refractivity contribution in [2.24, 2.45) is 0 Å². The van der Waals surface area contributed by atoms with Crippen LogP contribution in [0.3, 0.4) is 0 Å². The molecule has 0 unspecified atom stereocenters. The summed E-state index contributed by atoms with van der Waals surface area (Å²) in [5, 5.41) is 3.55. The molecule has 3 heterocycles. The van der Waals surface area contributed by atoms with Crippen molar-refractivity contribution < 1.29 is 0 Å². The smallest absolute Gasteiger partial charge is 0.236 e. The summed E-state index contributed by atoms with van der Waals surface area (Å²) < 4.78 is 2.06. The molecule has 0 amide bonds. The fraction of sp³-hybridized carbons (Fsp3) is 0.0741. The molecule has 2 aromatic carbocycles. The molecule has 0 aliphatic heterocycles. The first-order valence-electron chi connectivity index (χ1n) is 10.4. The maximum atomic E-state index is 4.89. The number of nitrogens with one attached hydrogen (secondary N) is 1. The van der Waals surface area contributed by atoms with E-state index in [1.807, 2.05) is 73.7 Å². The average molecular weight is 416 g/mol. The molecule has 5 nitrogen and oxygen atoms in total. The Morgan fingerprint density at radius 3 is 2.47 bits per heavy atom. The van der Waals surface area contributed by atoms with E-state index < -0.39 is 0 Å². The lowest BCUT2D eigenvalue weighted by Gasteiger charge is -2.11. The van der Waals surface area contributed by atoms with Crippen molar-refractivity contribution in [2.45, 2.75) is 13.8 Å². The van der Waals surface area contributed by atoms with Gasteiger partial charge in [0.15, 0.2) is 0 Å². The minimum Gasteiger partial charge on any atom is -0.339 e. The minimum atomic E-state index is 0.668. The largest absolute Gasteiger partial charge is 0.339 e. The molecule has 1 N–H and O–H groups in total. The Morgan fingerprint density at radius 2 is 1.66 bits per heavy atom. The summed E-state index contributed by atoms with van der Waals surface area (Å²) in [4.78, 5) is 13.8. The van der Waals surface area contributed by atoms with E-state index in [0.29, 0.717) is 5.78 Å². The van der Waals surface area contributed by atoms with Gasteiger partial charge >= 0.3 is 0 Å². The lowest BCUT2D eigenvalue weighted by Crippen LogP contribution is -2.01. The molecule has 0 atom stereocenters. The van der Waals surface area contributed by atoms with E-state index in [4.69, 9.17) is 4.98 Å². The number of nitrogens with zero attached hydrogens (tertiary/aromatic N) is 4. The Hall–Kier alpha value is -4.43. The van der Waals surface area contributed by atoms with E-state index in [1.165, 1.54) is 0 Å². The van der Waals surface area contributed by atoms with Crippen LogP contribution in [-0.4, -0.2) is 19.4 Å². The SMILES string of the molecule is Cc1cc(C)n2c(Nc3ccccc3)c(-c3cccc(C#Cc4ccccn4)c3)nc2n1. The molecule has 0 spiro atoms. The second-order valence-corrected chi connectivity index (χ2v) is 7.52. The van der Waals surface area contributed by atoms with Crippen LogP contribution in [0.1, 0.15) is 22.6 Å². The second kappa shape index (κ2) is 8.37. The molecule has 0 bridgehead atoms. The van der Waals surface area contributed by atoms with Crippen LogP contribution in [0.2, 0.25) is 0 Å². The van der Waals surface area contributed by atoms with Crippen LogP contribution >= 0.6 is 0 Å². The van der Waals surface area contributed by atoms with Crippen LogP contribution in [0, 0.1) is 25.7 Å². The molecule has 0 saturated carbocycles. The van der Waals surface area contributed by atoms with Gasteiger partial charge in [0, 0.05) is 34.4 Å². The van der Waals surface area contributed by atoms with Crippen molar-refractivity contribution in [1.82, 2.24) is 19.4 Å². The van der Waals surface area contributed by atoms with Gasteiger partial charge in [-0.3, -0.25) is 4.40 Å². The van der Waals surface area contributed by atoms with E-state index in [1.54, 1.807) is 6.20 Å². The molecular formula is C27H21N5. The van der Waals surface area contributed by atoms with Crippen LogP contribution in [-0.2, 0) is 0 Å². The van der Waals surface area contributed by atoms with Gasteiger partial charge in [0.25, 0.3) is 0 Å². The molecule has 5 heteroatoms. The normalized spacial score (nSPS) is 10.6. The summed E-state index contributed by atoms with van der Waals surface area (Å²) in [5.41, 5.74) is 6.43. The van der Waals surface area contributed by atoms with Crippen LogP contribution in [0.4, 0.5) is 11.5 Å². The highest BCUT2D eigenvalue weighted by atomic mass is 15.2. The van der Waals surface area contributed by atoms with Gasteiger partial charge in [-0.1, -0.05) is 42.3 Å². The summed E-state index contributed by atoms with van der Waals surface area (Å²) in [5.74, 6) is 7.88. The standard InChI is InChI=1S/C27H21N5/c1-19-17-20(2)32-26(30-24-12-4-3-5-13-24)25(31-27(32)29-19)22-10-8-9-21(18-22)14-15-23-11-6-7-16-28-23/h3-13,16-18,30H,1-2H3. The van der Waals surface area contributed by atoms with Gasteiger partial charge in [-0.15, -0.1) is 0 Å². The number of hydrogen-bond acceptors (Lipinski definition) is 4. The van der Waals surface area contributed by atoms with Crippen molar-refractivity contribution in [3.63, 3.8) is 0 Å². The molecule has 154 valence electrons. The number of benzene rings is 2. The molecule has 0 saturated heterocycles. The lowest BCUT2D eigenvalue weighted by molar-refractivity contribution is 1.02. The number of hydrogen-bond donors (Lipinski definition) is 1. The predicted molar refractivity (Wildman–Crippen MR) is 128 cm³/mol. The first kappa shape index (κ1) is 19.5. The Kier molecular flexibility index (Phi) is 5.11. The topological polar surface area (TPSA) is 55.1 Å². The Bertz CT molecular complexity index is 1460. The minimum absolute atomic E-state index is 0.668. The summed E-state index contributed by atoms with van der Waals surface area (Å²) in [6, 6.07) is 26.0. The first-order chi connectivity index (χ1) is 15.7. The Balaban J connectivity index is 1.63. The number of imidazole rings is 1. The molecule has 32 heavy (non-hydrogen) atoms. The van der Waals surface area contributed by atoms with Crippen molar-refractivity contribution in [1.29, 1.82) is 0 Å². The quantitative estimate of drug-likeness (QED) is 0.393. The van der Waals surface area contributed by atoms with Gasteiger partial charge in [-0.2, -0.15) is 0 Å². The molecule has 5 rings (SSSR count). The van der Waals surface area contributed by atoms with Gasteiger partial charge in [-0.25, -0.2) is 15.0 Å². The van der Waals surface area contributed by atoms with Gasteiger partial charge in [0.2, 0.25) is 5.78 Å². The maximum absolute atomic E-state index is 4.89. The average Bonchev–Trinajstić information content (AvgIpc) is 3.17. The van der Waals surface area contributed by atoms with Crippen molar-refractivity contribution in [3.05, 3.63) is 108 Å². The van der Waals surface area contributed by atoms with Gasteiger partial charge in [0.05, 0.1) is 0 Å². The summed E-state index contributed by atoms with van der Waals surface area (Å²) in [7, 11) is 0. The second-order valence-electron chi connectivity index (χ2n) is 7.52. The number of aromatic nitrogens is 4. The van der Waals surface area contributed by atoms with Crippen molar-refractivity contribution in [2.75, 3.05) is 5.32 Å². The number of anilines is 2. The molecule has 0 aliphatic carbocycles. The van der Waals surface area contributed by atoms with E-state index in [-0.39, 0.29) is 0 Å². The van der Waals surface area contributed by atoms with Gasteiger partial charge in [0.1, 0.15) is 17.2 Å². The number of aryl methyl sites for hydroxylation is 2. The zero-order valence-electron chi connectivity index (χ0n) is 17.9. The Morgan fingerprint density at radius 1 is 0.812 bits per heavy atom. The predicted octanol–water partition coefficient (Wildman–Crippen LogP) is 5.55. The van der Waals surface area contributed by atoms with Crippen molar-refractivity contribution >= 4 is 17.3 Å². The third kappa shape index (κ3) is 3.94. The number of rotatable bonds is 3. The molecule has 0 aliphatic rings. The monoisotopic (exact) mass is 415 g/mol. The highest BCUT2D eigenvalue weighted by Gasteiger charge is 2.17. The molecule has 5 aromatic rings. The lowest BCUT2D eigenvalue weighted by atomic mass is 10.1. The number of para-hydroxylation sites is 1. The zero-order valence-corrected chi connectivity index (χ0v) is 17.9. The summed E-state index contributed by atoms with van der Waals surface area (Å²) >= 11 is 0. The van der Waals surface area contributed by atoms with E-state index >= 15 is 0 Å². The van der Waals surface area contributed by atoms with Gasteiger partial charge in [-0.05, 0) is 62.2 Å². The van der Waals surface area contributed by atoms with E-state index in [2.05, 4.69) is 50.6 Å². The first-order valence-corrected chi connectivity index (χ1v) is 10.4. The number of pyridine rings is 1.